The maximum absolute atomic E-state index is 13.5. The van der Waals surface area contributed by atoms with Crippen molar-refractivity contribution in [2.24, 2.45) is 0 Å². The molecule has 0 radical (unpaired) electrons. The van der Waals surface area contributed by atoms with E-state index in [4.69, 9.17) is 4.74 Å². The van der Waals surface area contributed by atoms with Gasteiger partial charge in [0, 0.05) is 6.07 Å². The van der Waals surface area contributed by atoms with Crippen molar-refractivity contribution in [2.45, 2.75) is 40.2 Å². The van der Waals surface area contributed by atoms with Gasteiger partial charge in [0.25, 0.3) is 0 Å². The van der Waals surface area contributed by atoms with Crippen molar-refractivity contribution < 1.29 is 13.9 Å². The Labute approximate surface area is 136 Å². The molecule has 2 aromatic carbocycles. The van der Waals surface area contributed by atoms with Crippen LogP contribution in [0.25, 0.3) is 0 Å². The molecule has 1 N–H and O–H groups in total. The quantitative estimate of drug-likeness (QED) is 0.887. The van der Waals surface area contributed by atoms with Crippen LogP contribution in [0.4, 0.5) is 10.1 Å². The van der Waals surface area contributed by atoms with E-state index in [0.29, 0.717) is 11.4 Å². The predicted molar refractivity (Wildman–Crippen MR) is 90.4 cm³/mol. The van der Waals surface area contributed by atoms with Crippen molar-refractivity contribution in [2.75, 3.05) is 5.32 Å². The molecule has 23 heavy (non-hydrogen) atoms. The van der Waals surface area contributed by atoms with Crippen LogP contribution >= 0.6 is 0 Å². The summed E-state index contributed by atoms with van der Waals surface area (Å²) in [5, 5.41) is 2.75. The number of rotatable bonds is 5. The van der Waals surface area contributed by atoms with Gasteiger partial charge >= 0.3 is 0 Å². The normalized spacial score (nSPS) is 10.7. The first kappa shape index (κ1) is 17.0. The molecule has 0 unspecified atom stereocenters. The largest absolute Gasteiger partial charge is 0.489 e. The van der Waals surface area contributed by atoms with Crippen molar-refractivity contribution in [1.82, 2.24) is 0 Å². The fraction of sp³-hybridized carbons (Fsp3) is 0.316. The molecule has 0 saturated carbocycles. The van der Waals surface area contributed by atoms with E-state index in [1.807, 2.05) is 45.9 Å². The molecule has 0 bridgehead atoms. The Bertz CT molecular complexity index is 711. The zero-order valence-corrected chi connectivity index (χ0v) is 13.9. The van der Waals surface area contributed by atoms with Crippen molar-refractivity contribution in [3.05, 3.63) is 58.9 Å². The number of benzene rings is 2. The lowest BCUT2D eigenvalue weighted by Crippen LogP contribution is -2.17. The minimum atomic E-state index is -0.414. The van der Waals surface area contributed by atoms with E-state index in [1.165, 1.54) is 18.2 Å². The summed E-state index contributed by atoms with van der Waals surface area (Å²) < 4.78 is 19.1. The van der Waals surface area contributed by atoms with Crippen LogP contribution in [0, 0.1) is 19.7 Å². The zero-order valence-electron chi connectivity index (χ0n) is 13.9. The van der Waals surface area contributed by atoms with Gasteiger partial charge in [0.15, 0.2) is 0 Å². The third-order valence-corrected chi connectivity index (χ3v) is 3.43. The van der Waals surface area contributed by atoms with Crippen LogP contribution in [0.3, 0.4) is 0 Å². The fourth-order valence-corrected chi connectivity index (χ4v) is 2.31. The lowest BCUT2D eigenvalue weighted by molar-refractivity contribution is -0.115. The van der Waals surface area contributed by atoms with Crippen LogP contribution in [0.5, 0.6) is 5.75 Å². The molecule has 3 nitrogen and oxygen atoms in total. The Balaban J connectivity index is 2.16. The molecule has 2 aromatic rings. The number of nitrogens with one attached hydrogen (secondary N) is 1. The highest BCUT2D eigenvalue weighted by Crippen LogP contribution is 2.26. The first-order valence-corrected chi connectivity index (χ1v) is 7.67. The number of hydrogen-bond acceptors (Lipinski definition) is 2. The second-order valence-corrected chi connectivity index (χ2v) is 5.96. The molecule has 0 aromatic heterocycles. The lowest BCUT2D eigenvalue weighted by Gasteiger charge is -2.15. The summed E-state index contributed by atoms with van der Waals surface area (Å²) in [7, 11) is 0. The molecule has 0 heterocycles. The van der Waals surface area contributed by atoms with E-state index in [1.54, 1.807) is 0 Å². The zero-order chi connectivity index (χ0) is 17.0. The van der Waals surface area contributed by atoms with Crippen LogP contribution in [-0.2, 0) is 11.2 Å². The summed E-state index contributed by atoms with van der Waals surface area (Å²) in [6.45, 7) is 7.72. The van der Waals surface area contributed by atoms with E-state index in [9.17, 15) is 9.18 Å². The third-order valence-electron chi connectivity index (χ3n) is 3.43. The summed E-state index contributed by atoms with van der Waals surface area (Å²) in [5.41, 5.74) is 3.48. The predicted octanol–water partition coefficient (Wildman–Crippen LogP) is 4.41. The highest BCUT2D eigenvalue weighted by Gasteiger charge is 2.12. The molecule has 4 heteroatoms. The summed E-state index contributed by atoms with van der Waals surface area (Å²) >= 11 is 0. The molecule has 0 aliphatic heterocycles. The number of ether oxygens (including phenoxy) is 1. The number of carbonyl (C=O) groups excluding carboxylic acids is 1. The molecule has 0 spiro atoms. The third kappa shape index (κ3) is 4.81. The van der Waals surface area contributed by atoms with Gasteiger partial charge in [-0.05, 0) is 51.0 Å². The Morgan fingerprint density at radius 1 is 1.17 bits per heavy atom. The SMILES string of the molecule is Cc1ccc(C)c(CC(=O)Nc2cc(F)ccc2OC(C)C)c1. The van der Waals surface area contributed by atoms with Gasteiger partial charge in [0.2, 0.25) is 5.91 Å². The monoisotopic (exact) mass is 315 g/mol. The molecule has 2 rings (SSSR count). The number of anilines is 1. The van der Waals surface area contributed by atoms with Gasteiger partial charge < -0.3 is 10.1 Å². The van der Waals surface area contributed by atoms with E-state index in [2.05, 4.69) is 5.32 Å². The Morgan fingerprint density at radius 3 is 2.61 bits per heavy atom. The van der Waals surface area contributed by atoms with Gasteiger partial charge in [-0.2, -0.15) is 0 Å². The average Bonchev–Trinajstić information content (AvgIpc) is 2.45. The van der Waals surface area contributed by atoms with E-state index < -0.39 is 5.82 Å². The lowest BCUT2D eigenvalue weighted by atomic mass is 10.0. The van der Waals surface area contributed by atoms with E-state index >= 15 is 0 Å². The molecule has 122 valence electrons. The number of carbonyl (C=O) groups is 1. The molecule has 0 atom stereocenters. The minimum absolute atomic E-state index is 0.0601. The summed E-state index contributed by atoms with van der Waals surface area (Å²) in [4.78, 5) is 12.3. The molecule has 1 amide bonds. The second-order valence-electron chi connectivity index (χ2n) is 5.96. The molecular formula is C19H22FNO2. The highest BCUT2D eigenvalue weighted by atomic mass is 19.1. The average molecular weight is 315 g/mol. The first-order valence-electron chi connectivity index (χ1n) is 7.67. The van der Waals surface area contributed by atoms with Crippen molar-refractivity contribution in [3.8, 4) is 5.75 Å². The maximum atomic E-state index is 13.5. The first-order chi connectivity index (χ1) is 10.8. The van der Waals surface area contributed by atoms with Crippen LogP contribution in [-0.4, -0.2) is 12.0 Å². The van der Waals surface area contributed by atoms with E-state index in [-0.39, 0.29) is 18.4 Å². The van der Waals surface area contributed by atoms with Gasteiger partial charge in [0.1, 0.15) is 11.6 Å². The van der Waals surface area contributed by atoms with Gasteiger partial charge in [-0.3, -0.25) is 4.79 Å². The molecular weight excluding hydrogens is 293 g/mol. The van der Waals surface area contributed by atoms with Crippen molar-refractivity contribution in [1.29, 1.82) is 0 Å². The van der Waals surface area contributed by atoms with Gasteiger partial charge in [-0.25, -0.2) is 4.39 Å². The van der Waals surface area contributed by atoms with Crippen molar-refractivity contribution in [3.63, 3.8) is 0 Å². The number of aryl methyl sites for hydroxylation is 2. The summed E-state index contributed by atoms with van der Waals surface area (Å²) in [6.07, 6.45) is 0.181. The van der Waals surface area contributed by atoms with Crippen LogP contribution < -0.4 is 10.1 Å². The molecule has 0 aliphatic rings. The number of amides is 1. The summed E-state index contributed by atoms with van der Waals surface area (Å²) in [6, 6.07) is 10.1. The Morgan fingerprint density at radius 2 is 1.91 bits per heavy atom. The van der Waals surface area contributed by atoms with Gasteiger partial charge in [-0.1, -0.05) is 23.8 Å². The summed E-state index contributed by atoms with van der Waals surface area (Å²) in [5.74, 6) is -0.142. The Hall–Kier alpha value is -2.36. The van der Waals surface area contributed by atoms with Gasteiger partial charge in [0.05, 0.1) is 18.2 Å². The highest BCUT2D eigenvalue weighted by molar-refractivity contribution is 5.93. The van der Waals surface area contributed by atoms with Crippen LogP contribution in [0.2, 0.25) is 0 Å². The van der Waals surface area contributed by atoms with E-state index in [0.717, 1.165) is 16.7 Å². The standard InChI is InChI=1S/C19H22FNO2/c1-12(2)23-18-8-7-16(20)11-17(18)21-19(22)10-15-9-13(3)5-6-14(15)4/h5-9,11-12H,10H2,1-4H3,(H,21,22). The maximum Gasteiger partial charge on any atom is 0.228 e. The smallest absolute Gasteiger partial charge is 0.228 e. The van der Waals surface area contributed by atoms with Crippen LogP contribution in [0.1, 0.15) is 30.5 Å². The topological polar surface area (TPSA) is 38.3 Å². The Kier molecular flexibility index (Phi) is 5.37. The fourth-order valence-electron chi connectivity index (χ4n) is 2.31. The van der Waals surface area contributed by atoms with Gasteiger partial charge in [-0.15, -0.1) is 0 Å². The molecule has 0 fully saturated rings. The molecule has 0 aliphatic carbocycles. The van der Waals surface area contributed by atoms with Crippen molar-refractivity contribution >= 4 is 11.6 Å². The minimum Gasteiger partial charge on any atom is -0.489 e. The second kappa shape index (κ2) is 7.27. The molecule has 0 saturated heterocycles. The number of hydrogen-bond donors (Lipinski definition) is 1. The number of halogens is 1. The van der Waals surface area contributed by atoms with Crippen LogP contribution in [0.15, 0.2) is 36.4 Å².